The maximum absolute atomic E-state index is 14.3. The number of halogens is 3. The fourth-order valence-electron chi connectivity index (χ4n) is 3.47. The summed E-state index contributed by atoms with van der Waals surface area (Å²) >= 11 is -1.46. The third-order valence-corrected chi connectivity index (χ3v) is 6.79. The summed E-state index contributed by atoms with van der Waals surface area (Å²) in [4.78, 5) is 17.3. The highest BCUT2D eigenvalue weighted by molar-refractivity contribution is 7.90. The number of nitrogens with one attached hydrogen (secondary N) is 1. The van der Waals surface area contributed by atoms with Crippen molar-refractivity contribution in [1.29, 1.82) is 0 Å². The van der Waals surface area contributed by atoms with Crippen LogP contribution in [0.1, 0.15) is 70.4 Å². The molecule has 1 fully saturated rings. The van der Waals surface area contributed by atoms with E-state index >= 15 is 0 Å². The number of hydrogen-bond acceptors (Lipinski definition) is 5. The molecule has 0 amide bonds. The van der Waals surface area contributed by atoms with Crippen molar-refractivity contribution in [2.24, 2.45) is 0 Å². The van der Waals surface area contributed by atoms with Gasteiger partial charge in [0.05, 0.1) is 16.9 Å². The Balaban J connectivity index is 2.19. The summed E-state index contributed by atoms with van der Waals surface area (Å²) in [5.74, 6) is -1.14. The monoisotopic (exact) mass is 445 g/mol. The minimum Gasteiger partial charge on any atom is -0.598 e. The van der Waals surface area contributed by atoms with Gasteiger partial charge in [-0.15, -0.1) is 4.72 Å². The van der Waals surface area contributed by atoms with Crippen LogP contribution in [0.5, 0.6) is 0 Å². The molecule has 0 spiro atoms. The molecule has 1 N–H and O–H groups in total. The second kappa shape index (κ2) is 8.86. The number of hydrogen-bond donors (Lipinski definition) is 1. The minimum absolute atomic E-state index is 0.0252. The van der Waals surface area contributed by atoms with E-state index in [0.717, 1.165) is 6.07 Å². The van der Waals surface area contributed by atoms with Crippen LogP contribution >= 0.6 is 0 Å². The predicted octanol–water partition coefficient (Wildman–Crippen LogP) is 3.94. The molecule has 0 bridgehead atoms. The van der Waals surface area contributed by atoms with Gasteiger partial charge in [-0.05, 0) is 52.7 Å². The summed E-state index contributed by atoms with van der Waals surface area (Å²) in [7, 11) is 0. The maximum atomic E-state index is 14.3. The van der Waals surface area contributed by atoms with Crippen molar-refractivity contribution < 1.29 is 22.5 Å². The van der Waals surface area contributed by atoms with E-state index in [-0.39, 0.29) is 22.6 Å². The highest BCUT2D eigenvalue weighted by atomic mass is 32.2. The van der Waals surface area contributed by atoms with Gasteiger partial charge in [0.1, 0.15) is 16.4 Å². The Morgan fingerprint density at radius 2 is 1.93 bits per heavy atom. The first-order chi connectivity index (χ1) is 14.0. The van der Waals surface area contributed by atoms with Crippen LogP contribution in [0.15, 0.2) is 16.9 Å². The van der Waals surface area contributed by atoms with Gasteiger partial charge in [0.25, 0.3) is 5.56 Å². The first-order valence-corrected chi connectivity index (χ1v) is 10.9. The third kappa shape index (κ3) is 4.66. The highest BCUT2D eigenvalue weighted by Gasteiger charge is 2.31. The SMILES string of the molecule is C[C@@H](N[S+]([O-])C(C)(C)C)c1cc(F)cc2c(=O)n(C(F)F)c(C3CCOCC3)nc12. The Bertz CT molecular complexity index is 972. The Labute approximate surface area is 176 Å². The largest absolute Gasteiger partial charge is 0.598 e. The van der Waals surface area contributed by atoms with E-state index < -0.39 is 40.1 Å². The Kier molecular flexibility index (Phi) is 6.81. The van der Waals surface area contributed by atoms with Gasteiger partial charge in [-0.1, -0.05) is 0 Å². The summed E-state index contributed by atoms with van der Waals surface area (Å²) in [5, 5.41) is -0.226. The zero-order chi connectivity index (χ0) is 22.2. The van der Waals surface area contributed by atoms with E-state index in [4.69, 9.17) is 4.74 Å². The average Bonchev–Trinajstić information content (AvgIpc) is 2.67. The van der Waals surface area contributed by atoms with Gasteiger partial charge in [-0.25, -0.2) is 13.9 Å². The van der Waals surface area contributed by atoms with E-state index in [2.05, 4.69) is 9.71 Å². The summed E-state index contributed by atoms with van der Waals surface area (Å²) in [6.45, 7) is 4.72. The van der Waals surface area contributed by atoms with E-state index in [1.807, 2.05) is 0 Å². The van der Waals surface area contributed by atoms with Gasteiger partial charge in [0.15, 0.2) is 0 Å². The number of benzene rings is 1. The Morgan fingerprint density at radius 3 is 2.50 bits per heavy atom. The number of nitrogens with zero attached hydrogens (tertiary/aromatic N) is 2. The molecule has 1 aliphatic rings. The molecule has 2 aromatic rings. The lowest BCUT2D eigenvalue weighted by molar-refractivity contribution is 0.0502. The second-order valence-electron chi connectivity index (χ2n) is 8.42. The molecule has 2 heterocycles. The van der Waals surface area contributed by atoms with Crippen LogP contribution in [0.4, 0.5) is 13.2 Å². The third-order valence-electron chi connectivity index (χ3n) is 5.11. The molecular weight excluding hydrogens is 419 g/mol. The number of aromatic nitrogens is 2. The molecular formula is C20H26F3N3O3S. The maximum Gasteiger partial charge on any atom is 0.322 e. The fraction of sp³-hybridized carbons (Fsp3) is 0.600. The lowest BCUT2D eigenvalue weighted by Crippen LogP contribution is -2.40. The number of alkyl halides is 2. The second-order valence-corrected chi connectivity index (χ2v) is 10.4. The van der Waals surface area contributed by atoms with Crippen molar-refractivity contribution in [1.82, 2.24) is 14.3 Å². The highest BCUT2D eigenvalue weighted by Crippen LogP contribution is 2.31. The molecule has 10 heteroatoms. The van der Waals surface area contributed by atoms with Crippen molar-refractivity contribution in [3.63, 3.8) is 0 Å². The van der Waals surface area contributed by atoms with Crippen LogP contribution < -0.4 is 10.3 Å². The van der Waals surface area contributed by atoms with Crippen LogP contribution in [-0.4, -0.2) is 32.1 Å². The van der Waals surface area contributed by atoms with Crippen molar-refractivity contribution in [2.75, 3.05) is 13.2 Å². The van der Waals surface area contributed by atoms with Gasteiger partial charge in [-0.2, -0.15) is 8.78 Å². The lowest BCUT2D eigenvalue weighted by Gasteiger charge is -2.27. The summed E-state index contributed by atoms with van der Waals surface area (Å²) in [6.07, 6.45) is 0.923. The molecule has 1 saturated heterocycles. The van der Waals surface area contributed by atoms with Gasteiger partial charge < -0.3 is 9.29 Å². The van der Waals surface area contributed by atoms with Gasteiger partial charge in [-0.3, -0.25) is 4.79 Å². The molecule has 0 radical (unpaired) electrons. The van der Waals surface area contributed by atoms with Gasteiger partial charge in [0, 0.05) is 36.1 Å². The zero-order valence-electron chi connectivity index (χ0n) is 17.4. The topological polar surface area (TPSA) is 79.2 Å². The normalized spacial score (nSPS) is 18.2. The van der Waals surface area contributed by atoms with Gasteiger partial charge in [0.2, 0.25) is 0 Å². The van der Waals surface area contributed by atoms with Crippen LogP contribution in [0.25, 0.3) is 10.9 Å². The number of rotatable bonds is 5. The van der Waals surface area contributed by atoms with Crippen molar-refractivity contribution in [3.8, 4) is 0 Å². The standard InChI is InChI=1S/C20H26F3N3O3S/c1-11(25-30(28)20(2,3)4)14-9-13(21)10-15-16(14)24-17(12-5-7-29-8-6-12)26(18(15)27)19(22)23/h9-12,19,25H,5-8H2,1-4H3/t11-,30?/m1/s1. The molecule has 1 aromatic heterocycles. The smallest absolute Gasteiger partial charge is 0.322 e. The predicted molar refractivity (Wildman–Crippen MR) is 109 cm³/mol. The van der Waals surface area contributed by atoms with E-state index in [9.17, 15) is 22.5 Å². The van der Waals surface area contributed by atoms with Crippen LogP contribution in [0, 0.1) is 5.82 Å². The van der Waals surface area contributed by atoms with Gasteiger partial charge >= 0.3 is 6.55 Å². The first-order valence-electron chi connectivity index (χ1n) is 9.80. The quantitative estimate of drug-likeness (QED) is 0.706. The fourth-order valence-corrected chi connectivity index (χ4v) is 4.28. The molecule has 3 rings (SSSR count). The Morgan fingerprint density at radius 1 is 1.30 bits per heavy atom. The zero-order valence-corrected chi connectivity index (χ0v) is 18.2. The lowest BCUT2D eigenvalue weighted by atomic mass is 9.98. The molecule has 30 heavy (non-hydrogen) atoms. The molecule has 0 aliphatic carbocycles. The minimum atomic E-state index is -3.09. The number of ether oxygens (including phenoxy) is 1. The number of fused-ring (bicyclic) bond motifs is 1. The van der Waals surface area contributed by atoms with Crippen molar-refractivity contribution in [2.45, 2.75) is 63.8 Å². The molecule has 6 nitrogen and oxygen atoms in total. The van der Waals surface area contributed by atoms with E-state index in [0.29, 0.717) is 36.2 Å². The summed E-state index contributed by atoms with van der Waals surface area (Å²) in [5.41, 5.74) is -0.540. The summed E-state index contributed by atoms with van der Waals surface area (Å²) in [6, 6.07) is 1.50. The molecule has 1 aromatic carbocycles. The molecule has 1 aliphatic heterocycles. The van der Waals surface area contributed by atoms with Crippen molar-refractivity contribution in [3.05, 3.63) is 39.7 Å². The average molecular weight is 446 g/mol. The molecule has 0 saturated carbocycles. The van der Waals surface area contributed by atoms with E-state index in [1.165, 1.54) is 6.07 Å². The van der Waals surface area contributed by atoms with Crippen LogP contribution in [0.3, 0.4) is 0 Å². The first kappa shape index (κ1) is 23.1. The summed E-state index contributed by atoms with van der Waals surface area (Å²) < 4.78 is 62.4. The molecule has 166 valence electrons. The van der Waals surface area contributed by atoms with Crippen molar-refractivity contribution >= 4 is 22.3 Å². The molecule has 1 unspecified atom stereocenters. The van der Waals surface area contributed by atoms with E-state index in [1.54, 1.807) is 27.7 Å². The Hall–Kier alpha value is -1.62. The van der Waals surface area contributed by atoms with Crippen LogP contribution in [0.2, 0.25) is 0 Å². The van der Waals surface area contributed by atoms with Crippen LogP contribution in [-0.2, 0) is 16.1 Å². The molecule has 2 atom stereocenters.